The molecule has 2 heteroatoms. The van der Waals surface area contributed by atoms with E-state index in [1.807, 2.05) is 0 Å². The molecule has 0 N–H and O–H groups in total. The topological polar surface area (TPSA) is 3.24 Å². The zero-order valence-corrected chi connectivity index (χ0v) is 10.0. The molecule has 1 aromatic carbocycles. The Morgan fingerprint density at radius 3 is 2.69 bits per heavy atom. The average molecular weight is 234 g/mol. The summed E-state index contributed by atoms with van der Waals surface area (Å²) in [5.74, 6) is 0. The second-order valence-corrected chi connectivity index (χ2v) is 5.26. The Morgan fingerprint density at radius 1 is 1.12 bits per heavy atom. The van der Waals surface area contributed by atoms with Crippen LogP contribution >= 0.6 is 11.6 Å². The summed E-state index contributed by atoms with van der Waals surface area (Å²) in [4.78, 5) is 2.54. The SMILES string of the molecule is ClC1CCN(C2C=Cc3ccccc32)CC1. The maximum atomic E-state index is 6.14. The van der Waals surface area contributed by atoms with Gasteiger partial charge in [0.05, 0.1) is 6.04 Å². The Labute approximate surface area is 102 Å². The molecule has 0 amide bonds. The highest BCUT2D eigenvalue weighted by molar-refractivity contribution is 6.20. The van der Waals surface area contributed by atoms with Crippen molar-refractivity contribution in [2.75, 3.05) is 13.1 Å². The first-order chi connectivity index (χ1) is 7.84. The van der Waals surface area contributed by atoms with E-state index in [2.05, 4.69) is 41.3 Å². The summed E-state index contributed by atoms with van der Waals surface area (Å²) in [6.45, 7) is 2.25. The number of hydrogen-bond donors (Lipinski definition) is 0. The van der Waals surface area contributed by atoms with Crippen molar-refractivity contribution in [3.8, 4) is 0 Å². The molecule has 1 aliphatic heterocycles. The van der Waals surface area contributed by atoms with Crippen molar-refractivity contribution in [3.63, 3.8) is 0 Å². The van der Waals surface area contributed by atoms with Gasteiger partial charge in [0.2, 0.25) is 0 Å². The van der Waals surface area contributed by atoms with Crippen LogP contribution in [0.5, 0.6) is 0 Å². The molecule has 1 aliphatic carbocycles. The summed E-state index contributed by atoms with van der Waals surface area (Å²) < 4.78 is 0. The van der Waals surface area contributed by atoms with Crippen LogP contribution in [0.2, 0.25) is 0 Å². The van der Waals surface area contributed by atoms with Crippen LogP contribution in [-0.2, 0) is 0 Å². The zero-order chi connectivity index (χ0) is 11.0. The van der Waals surface area contributed by atoms with Gasteiger partial charge in [0.25, 0.3) is 0 Å². The molecular weight excluding hydrogens is 218 g/mol. The summed E-state index contributed by atoms with van der Waals surface area (Å²) in [5, 5.41) is 0.386. The number of piperidine rings is 1. The first-order valence-corrected chi connectivity index (χ1v) is 6.43. The third-order valence-electron chi connectivity index (χ3n) is 3.63. The van der Waals surface area contributed by atoms with Gasteiger partial charge in [-0.25, -0.2) is 0 Å². The smallest absolute Gasteiger partial charge is 0.0540 e. The highest BCUT2D eigenvalue weighted by atomic mass is 35.5. The number of benzene rings is 1. The van der Waals surface area contributed by atoms with Gasteiger partial charge < -0.3 is 0 Å². The second kappa shape index (κ2) is 4.23. The molecule has 16 heavy (non-hydrogen) atoms. The normalized spacial score (nSPS) is 25.9. The van der Waals surface area contributed by atoms with E-state index in [-0.39, 0.29) is 0 Å². The average Bonchev–Trinajstić information content (AvgIpc) is 2.74. The second-order valence-electron chi connectivity index (χ2n) is 4.64. The predicted molar refractivity (Wildman–Crippen MR) is 68.7 cm³/mol. The van der Waals surface area contributed by atoms with E-state index in [1.165, 1.54) is 11.1 Å². The predicted octanol–water partition coefficient (Wildman–Crippen LogP) is 3.46. The van der Waals surface area contributed by atoms with Gasteiger partial charge in [-0.1, -0.05) is 36.4 Å². The number of alkyl halides is 1. The fraction of sp³-hybridized carbons (Fsp3) is 0.429. The van der Waals surface area contributed by atoms with Gasteiger partial charge in [0.1, 0.15) is 0 Å². The van der Waals surface area contributed by atoms with Crippen LogP contribution in [0, 0.1) is 0 Å². The maximum absolute atomic E-state index is 6.14. The third kappa shape index (κ3) is 1.79. The van der Waals surface area contributed by atoms with E-state index in [1.54, 1.807) is 0 Å². The zero-order valence-electron chi connectivity index (χ0n) is 9.27. The van der Waals surface area contributed by atoms with Crippen LogP contribution in [0.4, 0.5) is 0 Å². The highest BCUT2D eigenvalue weighted by Crippen LogP contribution is 2.34. The molecule has 2 aliphatic rings. The largest absolute Gasteiger partial charge is 0.293 e. The lowest BCUT2D eigenvalue weighted by molar-refractivity contribution is 0.196. The minimum atomic E-state index is 0.386. The molecular formula is C14H16ClN. The molecule has 0 saturated carbocycles. The molecule has 0 aromatic heterocycles. The van der Waals surface area contributed by atoms with Crippen LogP contribution in [0.3, 0.4) is 0 Å². The van der Waals surface area contributed by atoms with E-state index in [0.717, 1.165) is 25.9 Å². The van der Waals surface area contributed by atoms with Crippen molar-refractivity contribution in [1.82, 2.24) is 4.90 Å². The van der Waals surface area contributed by atoms with Crippen LogP contribution in [-0.4, -0.2) is 23.4 Å². The monoisotopic (exact) mass is 233 g/mol. The number of nitrogens with zero attached hydrogens (tertiary/aromatic N) is 1. The molecule has 1 fully saturated rings. The minimum absolute atomic E-state index is 0.386. The van der Waals surface area contributed by atoms with Gasteiger partial charge in [-0.15, -0.1) is 11.6 Å². The van der Waals surface area contributed by atoms with Crippen molar-refractivity contribution in [1.29, 1.82) is 0 Å². The van der Waals surface area contributed by atoms with Crippen molar-refractivity contribution in [3.05, 3.63) is 41.5 Å². The fourth-order valence-corrected chi connectivity index (χ4v) is 2.89. The van der Waals surface area contributed by atoms with Crippen LogP contribution in [0.1, 0.15) is 30.0 Å². The summed E-state index contributed by atoms with van der Waals surface area (Å²) in [7, 11) is 0. The van der Waals surface area contributed by atoms with E-state index >= 15 is 0 Å². The van der Waals surface area contributed by atoms with E-state index in [0.29, 0.717) is 11.4 Å². The van der Waals surface area contributed by atoms with E-state index < -0.39 is 0 Å². The molecule has 0 bridgehead atoms. The van der Waals surface area contributed by atoms with Gasteiger partial charge in [-0.3, -0.25) is 4.90 Å². The third-order valence-corrected chi connectivity index (χ3v) is 4.06. The quantitative estimate of drug-likeness (QED) is 0.672. The number of likely N-dealkylation sites (tertiary alicyclic amines) is 1. The lowest BCUT2D eigenvalue weighted by atomic mass is 10.0. The van der Waals surface area contributed by atoms with Crippen molar-refractivity contribution in [2.24, 2.45) is 0 Å². The number of hydrogen-bond acceptors (Lipinski definition) is 1. The molecule has 1 heterocycles. The number of halogens is 1. The Bertz CT molecular complexity index is 405. The maximum Gasteiger partial charge on any atom is 0.0540 e. The van der Waals surface area contributed by atoms with E-state index in [9.17, 15) is 0 Å². The molecule has 1 atom stereocenters. The van der Waals surface area contributed by atoms with Crippen molar-refractivity contribution in [2.45, 2.75) is 24.3 Å². The van der Waals surface area contributed by atoms with Crippen LogP contribution in [0.25, 0.3) is 6.08 Å². The lowest BCUT2D eigenvalue weighted by Crippen LogP contribution is -2.36. The molecule has 1 nitrogen and oxygen atoms in total. The van der Waals surface area contributed by atoms with Gasteiger partial charge in [0.15, 0.2) is 0 Å². The Kier molecular flexibility index (Phi) is 2.74. The molecule has 0 radical (unpaired) electrons. The van der Waals surface area contributed by atoms with Gasteiger partial charge in [0, 0.05) is 18.5 Å². The summed E-state index contributed by atoms with van der Waals surface area (Å²) in [6.07, 6.45) is 6.80. The molecule has 3 rings (SSSR count). The molecule has 1 saturated heterocycles. The standard InChI is InChI=1S/C14H16ClN/c15-12-7-9-16(10-8-12)14-6-5-11-3-1-2-4-13(11)14/h1-6,12,14H,7-10H2. The molecule has 1 unspecified atom stereocenters. The summed E-state index contributed by atoms with van der Waals surface area (Å²) in [5.41, 5.74) is 2.83. The molecule has 1 aromatic rings. The fourth-order valence-electron chi connectivity index (χ4n) is 2.70. The Hall–Kier alpha value is -0.790. The Morgan fingerprint density at radius 2 is 1.88 bits per heavy atom. The highest BCUT2D eigenvalue weighted by Gasteiger charge is 2.26. The minimum Gasteiger partial charge on any atom is -0.293 e. The molecule has 0 spiro atoms. The van der Waals surface area contributed by atoms with Crippen LogP contribution in [0.15, 0.2) is 30.3 Å². The first kappa shape index (κ1) is 10.4. The summed E-state index contributed by atoms with van der Waals surface area (Å²) >= 11 is 6.14. The lowest BCUT2D eigenvalue weighted by Gasteiger charge is -2.33. The summed E-state index contributed by atoms with van der Waals surface area (Å²) in [6, 6.07) is 9.16. The molecule has 84 valence electrons. The first-order valence-electron chi connectivity index (χ1n) is 6.00. The number of fused-ring (bicyclic) bond motifs is 1. The van der Waals surface area contributed by atoms with Crippen molar-refractivity contribution >= 4 is 17.7 Å². The van der Waals surface area contributed by atoms with Gasteiger partial charge in [-0.2, -0.15) is 0 Å². The van der Waals surface area contributed by atoms with Crippen molar-refractivity contribution < 1.29 is 0 Å². The van der Waals surface area contributed by atoms with Gasteiger partial charge in [-0.05, 0) is 24.0 Å². The van der Waals surface area contributed by atoms with Crippen LogP contribution < -0.4 is 0 Å². The number of rotatable bonds is 1. The van der Waals surface area contributed by atoms with E-state index in [4.69, 9.17) is 11.6 Å². The Balaban J connectivity index is 1.80. The van der Waals surface area contributed by atoms with Gasteiger partial charge >= 0.3 is 0 Å².